The maximum absolute atomic E-state index is 13.3. The van der Waals surface area contributed by atoms with E-state index in [2.05, 4.69) is 10.2 Å². The van der Waals surface area contributed by atoms with Gasteiger partial charge < -0.3 is 19.4 Å². The van der Waals surface area contributed by atoms with Crippen LogP contribution < -0.4 is 9.38 Å². The van der Waals surface area contributed by atoms with Gasteiger partial charge in [0.2, 0.25) is 0 Å². The summed E-state index contributed by atoms with van der Waals surface area (Å²) < 4.78 is 15.0. The van der Waals surface area contributed by atoms with Crippen molar-refractivity contribution in [1.82, 2.24) is 19.7 Å². The molecule has 0 aliphatic carbocycles. The fourth-order valence-corrected chi connectivity index (χ4v) is 3.48. The van der Waals surface area contributed by atoms with Gasteiger partial charge in [0, 0.05) is 24.5 Å². The molecule has 3 heterocycles. The van der Waals surface area contributed by atoms with Crippen molar-refractivity contribution in [3.8, 4) is 5.19 Å². The molecule has 0 radical (unpaired) electrons. The second kappa shape index (κ2) is 6.65. The minimum atomic E-state index is -0.871. The Kier molecular flexibility index (Phi) is 4.78. The van der Waals surface area contributed by atoms with Crippen molar-refractivity contribution in [2.75, 3.05) is 33.5 Å². The van der Waals surface area contributed by atoms with E-state index in [1.807, 2.05) is 11.8 Å². The van der Waals surface area contributed by atoms with E-state index in [-0.39, 0.29) is 11.8 Å². The van der Waals surface area contributed by atoms with Crippen LogP contribution in [0.25, 0.3) is 0 Å². The number of hydrogen-bond acceptors (Lipinski definition) is 9. The lowest BCUT2D eigenvalue weighted by atomic mass is 10.2. The highest BCUT2D eigenvalue weighted by Crippen LogP contribution is 2.36. The molecule has 0 spiro atoms. The van der Waals surface area contributed by atoms with E-state index in [9.17, 15) is 10.0 Å². The second-order valence-corrected chi connectivity index (χ2v) is 6.47. The predicted octanol–water partition coefficient (Wildman–Crippen LogP) is 0.693. The Bertz CT molecular complexity index is 564. The lowest BCUT2D eigenvalue weighted by Crippen LogP contribution is -2.51. The molecular weight excluding hydrogens is 324 g/mol. The lowest BCUT2D eigenvalue weighted by Gasteiger charge is -2.38. The largest absolute Gasteiger partial charge is 0.622 e. The first-order valence-corrected chi connectivity index (χ1v) is 8.39. The first-order valence-electron chi connectivity index (χ1n) is 7.58. The van der Waals surface area contributed by atoms with Crippen LogP contribution in [0.5, 0.6) is 5.19 Å². The highest BCUT2D eigenvalue weighted by molar-refractivity contribution is 7.16. The Hall–Kier alpha value is -1.33. The summed E-state index contributed by atoms with van der Waals surface area (Å²) in [5.41, 5.74) is 0. The van der Waals surface area contributed by atoms with Crippen LogP contribution in [0.1, 0.15) is 19.8 Å². The number of esters is 1. The highest BCUT2D eigenvalue weighted by Gasteiger charge is 2.47. The number of carbonyl (C=O) groups excluding carboxylic acids is 1. The Balaban J connectivity index is 1.79. The normalized spacial score (nSPS) is 31.4. The standard InChI is InChI=1S/C13H20N4O5S/c1-3-16-7-10(22-11(18)9-5-4-6-21-9)17(19,8-16)12-14-15-13(20-2)23-12/h9-10H,3-8H2,1-2H3. The maximum atomic E-state index is 13.3. The van der Waals surface area contributed by atoms with Crippen LogP contribution in [-0.4, -0.2) is 66.9 Å². The van der Waals surface area contributed by atoms with Gasteiger partial charge in [-0.05, 0) is 12.8 Å². The van der Waals surface area contributed by atoms with Gasteiger partial charge in [-0.25, -0.2) is 9.69 Å². The van der Waals surface area contributed by atoms with E-state index >= 15 is 0 Å². The average molecular weight is 344 g/mol. The van der Waals surface area contributed by atoms with E-state index in [1.54, 1.807) is 0 Å². The SMILES string of the molecule is CCN1CC(OC(=O)C2CCCO2)[N+]([O-])(c2nnc(OC)s2)C1. The van der Waals surface area contributed by atoms with Gasteiger partial charge in [0.25, 0.3) is 11.4 Å². The molecule has 0 saturated carbocycles. The van der Waals surface area contributed by atoms with Gasteiger partial charge in [0.1, 0.15) is 6.67 Å². The number of likely N-dealkylation sites (N-methyl/N-ethyl adjacent to an activating group) is 1. The van der Waals surface area contributed by atoms with Crippen LogP contribution in [0, 0.1) is 5.21 Å². The summed E-state index contributed by atoms with van der Waals surface area (Å²) in [6, 6.07) is 0. The number of aromatic nitrogens is 2. The number of hydrogen-bond donors (Lipinski definition) is 0. The van der Waals surface area contributed by atoms with Crippen molar-refractivity contribution >= 4 is 22.4 Å². The Labute approximate surface area is 137 Å². The van der Waals surface area contributed by atoms with E-state index in [0.717, 1.165) is 17.8 Å². The average Bonchev–Trinajstić information content (AvgIpc) is 3.28. The number of hydroxylamine groups is 2. The molecule has 1 aromatic rings. The number of quaternary nitrogens is 1. The fourth-order valence-electron chi connectivity index (χ4n) is 2.75. The molecule has 1 aromatic heterocycles. The first-order chi connectivity index (χ1) is 11.1. The molecule has 3 atom stereocenters. The van der Waals surface area contributed by atoms with Crippen molar-refractivity contribution in [2.24, 2.45) is 0 Å². The first kappa shape index (κ1) is 16.5. The van der Waals surface area contributed by atoms with Crippen molar-refractivity contribution in [2.45, 2.75) is 32.1 Å². The number of carbonyl (C=O) groups is 1. The molecule has 128 valence electrons. The summed E-state index contributed by atoms with van der Waals surface area (Å²) >= 11 is 1.07. The molecule has 23 heavy (non-hydrogen) atoms. The van der Waals surface area contributed by atoms with Gasteiger partial charge in [-0.2, -0.15) is 0 Å². The number of rotatable bonds is 5. The van der Waals surface area contributed by atoms with E-state index < -0.39 is 22.9 Å². The number of methoxy groups -OCH3 is 1. The van der Waals surface area contributed by atoms with Gasteiger partial charge in [0.05, 0.1) is 13.7 Å². The lowest BCUT2D eigenvalue weighted by molar-refractivity contribution is -0.164. The van der Waals surface area contributed by atoms with Crippen LogP contribution in [0.4, 0.5) is 5.13 Å². The van der Waals surface area contributed by atoms with Gasteiger partial charge in [0.15, 0.2) is 6.10 Å². The minimum Gasteiger partial charge on any atom is -0.622 e. The van der Waals surface area contributed by atoms with Crippen molar-refractivity contribution < 1.29 is 19.0 Å². The third-order valence-electron chi connectivity index (χ3n) is 4.08. The van der Waals surface area contributed by atoms with Crippen LogP contribution in [0.3, 0.4) is 0 Å². The molecule has 3 unspecified atom stereocenters. The molecule has 2 aliphatic rings. The minimum absolute atomic E-state index is 0.165. The molecule has 2 aliphatic heterocycles. The van der Waals surface area contributed by atoms with Crippen LogP contribution in [0.2, 0.25) is 0 Å². The number of nitrogens with zero attached hydrogens (tertiary/aromatic N) is 4. The fraction of sp³-hybridized carbons (Fsp3) is 0.769. The summed E-state index contributed by atoms with van der Waals surface area (Å²) in [4.78, 5) is 14.1. The van der Waals surface area contributed by atoms with E-state index in [0.29, 0.717) is 31.3 Å². The molecule has 3 rings (SSSR count). The van der Waals surface area contributed by atoms with Gasteiger partial charge in [-0.3, -0.25) is 4.65 Å². The predicted molar refractivity (Wildman–Crippen MR) is 82.6 cm³/mol. The highest BCUT2D eigenvalue weighted by atomic mass is 32.1. The molecule has 0 bridgehead atoms. The molecule has 9 nitrogen and oxygen atoms in total. The Morgan fingerprint density at radius 3 is 3.00 bits per heavy atom. The Morgan fingerprint density at radius 1 is 1.57 bits per heavy atom. The van der Waals surface area contributed by atoms with Crippen molar-refractivity contribution in [3.05, 3.63) is 5.21 Å². The van der Waals surface area contributed by atoms with Crippen LogP contribution in [0.15, 0.2) is 0 Å². The van der Waals surface area contributed by atoms with Crippen LogP contribution >= 0.6 is 11.3 Å². The van der Waals surface area contributed by atoms with Gasteiger partial charge in [-0.1, -0.05) is 17.1 Å². The molecule has 0 amide bonds. The van der Waals surface area contributed by atoms with Crippen LogP contribution in [-0.2, 0) is 14.3 Å². The summed E-state index contributed by atoms with van der Waals surface area (Å²) in [6.07, 6.45) is 0.0257. The van der Waals surface area contributed by atoms with Crippen molar-refractivity contribution in [1.29, 1.82) is 0 Å². The molecule has 2 fully saturated rings. The summed E-state index contributed by atoms with van der Waals surface area (Å²) in [5, 5.41) is 21.6. The molecule has 0 N–H and O–H groups in total. The van der Waals surface area contributed by atoms with Crippen molar-refractivity contribution in [3.63, 3.8) is 0 Å². The van der Waals surface area contributed by atoms with E-state index in [4.69, 9.17) is 14.2 Å². The summed E-state index contributed by atoms with van der Waals surface area (Å²) in [6.45, 7) is 3.72. The topological polar surface area (TPSA) is 96.8 Å². The third kappa shape index (κ3) is 3.17. The quantitative estimate of drug-likeness (QED) is 0.437. The second-order valence-electron chi connectivity index (χ2n) is 5.55. The molecule has 10 heteroatoms. The molecular formula is C13H20N4O5S. The van der Waals surface area contributed by atoms with Gasteiger partial charge >= 0.3 is 11.1 Å². The summed E-state index contributed by atoms with van der Waals surface area (Å²) in [5.74, 6) is -0.472. The zero-order chi connectivity index (χ0) is 16.4. The number of ether oxygens (including phenoxy) is 3. The third-order valence-corrected chi connectivity index (χ3v) is 5.07. The monoisotopic (exact) mass is 344 g/mol. The smallest absolute Gasteiger partial charge is 0.339 e. The van der Waals surface area contributed by atoms with Gasteiger partial charge in [-0.15, -0.1) is 0 Å². The zero-order valence-electron chi connectivity index (χ0n) is 13.1. The van der Waals surface area contributed by atoms with E-state index in [1.165, 1.54) is 7.11 Å². The Morgan fingerprint density at radius 2 is 2.39 bits per heavy atom. The summed E-state index contributed by atoms with van der Waals surface area (Å²) in [7, 11) is 1.47. The molecule has 2 saturated heterocycles. The zero-order valence-corrected chi connectivity index (χ0v) is 14.0. The molecule has 0 aromatic carbocycles. The maximum Gasteiger partial charge on any atom is 0.339 e.